The van der Waals surface area contributed by atoms with Gasteiger partial charge in [0.05, 0.1) is 9.82 Å². The SMILES string of the molecule is NS(=O)(=O)c1ccc(NC(=O)COC(=O)/C=C/c2ccc(Cl)c([N+](=O)[O-])c2)cc1. The molecule has 2 rings (SSSR count). The summed E-state index contributed by atoms with van der Waals surface area (Å²) >= 11 is 5.70. The molecule has 0 aromatic heterocycles. The second-order valence-corrected chi connectivity index (χ2v) is 7.50. The maximum atomic E-state index is 11.8. The molecule has 0 bridgehead atoms. The van der Waals surface area contributed by atoms with Gasteiger partial charge in [-0.05, 0) is 42.0 Å². The van der Waals surface area contributed by atoms with E-state index < -0.39 is 33.4 Å². The summed E-state index contributed by atoms with van der Waals surface area (Å²) in [5, 5.41) is 18.2. The van der Waals surface area contributed by atoms with Crippen molar-refractivity contribution in [2.45, 2.75) is 4.90 Å². The summed E-state index contributed by atoms with van der Waals surface area (Å²) in [6.45, 7) is -0.596. The molecule has 0 saturated heterocycles. The zero-order valence-electron chi connectivity index (χ0n) is 14.6. The Morgan fingerprint density at radius 1 is 1.21 bits per heavy atom. The molecule has 10 nitrogen and oxygen atoms in total. The minimum absolute atomic E-state index is 0.0384. The number of hydrogen-bond donors (Lipinski definition) is 2. The third-order valence-corrected chi connectivity index (χ3v) is 4.64. The minimum atomic E-state index is -3.84. The van der Waals surface area contributed by atoms with E-state index in [4.69, 9.17) is 21.5 Å². The quantitative estimate of drug-likeness (QED) is 0.289. The number of hydrogen-bond acceptors (Lipinski definition) is 7. The fourth-order valence-electron chi connectivity index (χ4n) is 2.05. The van der Waals surface area contributed by atoms with Gasteiger partial charge in [0.1, 0.15) is 5.02 Å². The lowest BCUT2D eigenvalue weighted by molar-refractivity contribution is -0.384. The van der Waals surface area contributed by atoms with E-state index in [2.05, 4.69) is 5.32 Å². The molecule has 12 heteroatoms. The number of halogens is 1. The van der Waals surface area contributed by atoms with Crippen LogP contribution >= 0.6 is 11.6 Å². The number of rotatable bonds is 7. The van der Waals surface area contributed by atoms with Crippen molar-refractivity contribution in [3.63, 3.8) is 0 Å². The molecule has 0 aliphatic heterocycles. The molecule has 0 unspecified atom stereocenters. The summed E-state index contributed by atoms with van der Waals surface area (Å²) < 4.78 is 27.1. The number of nitro groups is 1. The number of esters is 1. The largest absolute Gasteiger partial charge is 0.452 e. The van der Waals surface area contributed by atoms with Crippen LogP contribution < -0.4 is 10.5 Å². The molecule has 0 aliphatic rings. The number of carbonyl (C=O) groups excluding carboxylic acids is 2. The van der Waals surface area contributed by atoms with E-state index in [0.717, 1.165) is 6.08 Å². The third kappa shape index (κ3) is 6.68. The molecule has 3 N–H and O–H groups in total. The van der Waals surface area contributed by atoms with Crippen LogP contribution in [0.25, 0.3) is 6.08 Å². The predicted octanol–water partition coefficient (Wildman–Crippen LogP) is 2.09. The molecular weight excluding hydrogens is 426 g/mol. The number of primary sulfonamides is 1. The molecule has 0 aliphatic carbocycles. The Labute approximate surface area is 170 Å². The highest BCUT2D eigenvalue weighted by Gasteiger charge is 2.12. The standard InChI is InChI=1S/C17H14ClN3O7S/c18-14-7-1-11(9-15(14)21(24)25)2-8-17(23)28-10-16(22)20-12-3-5-13(6-4-12)29(19,26)27/h1-9H,10H2,(H,20,22)(H2,19,26,27)/b8-2+. The van der Waals surface area contributed by atoms with E-state index in [1.54, 1.807) is 0 Å². The Morgan fingerprint density at radius 2 is 1.86 bits per heavy atom. The van der Waals surface area contributed by atoms with Gasteiger partial charge in [-0.15, -0.1) is 0 Å². The molecule has 29 heavy (non-hydrogen) atoms. The van der Waals surface area contributed by atoms with Crippen LogP contribution in [-0.4, -0.2) is 31.8 Å². The van der Waals surface area contributed by atoms with Crippen LogP contribution in [0.4, 0.5) is 11.4 Å². The van der Waals surface area contributed by atoms with E-state index in [1.165, 1.54) is 48.5 Å². The van der Waals surface area contributed by atoms with Crippen molar-refractivity contribution in [3.05, 3.63) is 69.2 Å². The van der Waals surface area contributed by atoms with Gasteiger partial charge in [-0.1, -0.05) is 17.7 Å². The molecule has 152 valence electrons. The molecule has 0 heterocycles. The summed E-state index contributed by atoms with van der Waals surface area (Å²) in [4.78, 5) is 33.5. The van der Waals surface area contributed by atoms with E-state index in [0.29, 0.717) is 5.56 Å². The highest BCUT2D eigenvalue weighted by Crippen LogP contribution is 2.25. The Kier molecular flexibility index (Phi) is 7.04. The molecule has 0 spiro atoms. The normalized spacial score (nSPS) is 11.2. The smallest absolute Gasteiger partial charge is 0.331 e. The molecule has 1 amide bonds. The van der Waals surface area contributed by atoms with E-state index >= 15 is 0 Å². The summed E-state index contributed by atoms with van der Waals surface area (Å²) in [7, 11) is -3.84. The Morgan fingerprint density at radius 3 is 2.45 bits per heavy atom. The van der Waals surface area contributed by atoms with Crippen molar-refractivity contribution in [1.29, 1.82) is 0 Å². The van der Waals surface area contributed by atoms with Crippen molar-refractivity contribution in [2.75, 3.05) is 11.9 Å². The van der Waals surface area contributed by atoms with Crippen molar-refractivity contribution in [3.8, 4) is 0 Å². The lowest BCUT2D eigenvalue weighted by Gasteiger charge is -2.06. The van der Waals surface area contributed by atoms with Gasteiger partial charge in [-0.2, -0.15) is 0 Å². The van der Waals surface area contributed by atoms with Gasteiger partial charge in [0, 0.05) is 17.8 Å². The predicted molar refractivity (Wildman–Crippen MR) is 105 cm³/mol. The molecule has 0 saturated carbocycles. The zero-order chi connectivity index (χ0) is 21.6. The highest BCUT2D eigenvalue weighted by molar-refractivity contribution is 7.89. The fraction of sp³-hybridized carbons (Fsp3) is 0.0588. The Hall–Kier alpha value is -3.28. The lowest BCUT2D eigenvalue weighted by atomic mass is 10.2. The lowest BCUT2D eigenvalue weighted by Crippen LogP contribution is -2.20. The number of carbonyl (C=O) groups is 2. The number of benzene rings is 2. The number of ether oxygens (including phenoxy) is 1. The van der Waals surface area contributed by atoms with Crippen LogP contribution in [0.15, 0.2) is 53.4 Å². The van der Waals surface area contributed by atoms with Gasteiger partial charge in [-0.25, -0.2) is 18.4 Å². The second kappa shape index (κ2) is 9.28. The van der Waals surface area contributed by atoms with Crippen molar-refractivity contribution in [1.82, 2.24) is 0 Å². The van der Waals surface area contributed by atoms with Gasteiger partial charge < -0.3 is 10.1 Å². The number of nitrogens with two attached hydrogens (primary N) is 1. The van der Waals surface area contributed by atoms with Crippen LogP contribution in [0.1, 0.15) is 5.56 Å². The van der Waals surface area contributed by atoms with Crippen molar-refractivity contribution >= 4 is 51.0 Å². The number of nitro benzene ring substituents is 1. The number of anilines is 1. The Balaban J connectivity index is 1.89. The second-order valence-electron chi connectivity index (χ2n) is 5.53. The highest BCUT2D eigenvalue weighted by atomic mass is 35.5. The van der Waals surface area contributed by atoms with Gasteiger partial charge in [-0.3, -0.25) is 14.9 Å². The summed E-state index contributed by atoms with van der Waals surface area (Å²) in [5.74, 6) is -1.50. The van der Waals surface area contributed by atoms with Crippen molar-refractivity contribution < 1.29 is 27.7 Å². The number of nitrogens with one attached hydrogen (secondary N) is 1. The Bertz CT molecular complexity index is 1080. The molecule has 0 radical (unpaired) electrons. The number of sulfonamides is 1. The maximum absolute atomic E-state index is 11.8. The minimum Gasteiger partial charge on any atom is -0.452 e. The summed E-state index contributed by atoms with van der Waals surface area (Å²) in [6, 6.07) is 9.05. The number of amides is 1. The molecule has 2 aromatic carbocycles. The monoisotopic (exact) mass is 439 g/mol. The van der Waals surface area contributed by atoms with Crippen LogP contribution in [0.5, 0.6) is 0 Å². The number of nitrogens with zero attached hydrogens (tertiary/aromatic N) is 1. The summed E-state index contributed by atoms with van der Waals surface area (Å²) in [5.41, 5.74) is 0.315. The molecule has 0 atom stereocenters. The van der Waals surface area contributed by atoms with Crippen LogP contribution in [0.2, 0.25) is 5.02 Å². The maximum Gasteiger partial charge on any atom is 0.331 e. The molecule has 0 fully saturated rings. The van der Waals surface area contributed by atoms with E-state index in [1.807, 2.05) is 0 Å². The zero-order valence-corrected chi connectivity index (χ0v) is 16.1. The molecular formula is C17H14ClN3O7S. The first-order valence-corrected chi connectivity index (χ1v) is 9.70. The van der Waals surface area contributed by atoms with Crippen molar-refractivity contribution in [2.24, 2.45) is 5.14 Å². The average Bonchev–Trinajstić information content (AvgIpc) is 2.65. The average molecular weight is 440 g/mol. The summed E-state index contributed by atoms with van der Waals surface area (Å²) in [6.07, 6.45) is 2.27. The first-order chi connectivity index (χ1) is 13.6. The van der Waals surface area contributed by atoms with Gasteiger partial charge in [0.2, 0.25) is 10.0 Å². The van der Waals surface area contributed by atoms with Gasteiger partial charge in [0.15, 0.2) is 6.61 Å². The van der Waals surface area contributed by atoms with Crippen LogP contribution in [0, 0.1) is 10.1 Å². The fourth-order valence-corrected chi connectivity index (χ4v) is 2.75. The molecule has 2 aromatic rings. The van der Waals surface area contributed by atoms with Gasteiger partial charge in [0.25, 0.3) is 11.6 Å². The van der Waals surface area contributed by atoms with Crippen LogP contribution in [0.3, 0.4) is 0 Å². The van der Waals surface area contributed by atoms with Gasteiger partial charge >= 0.3 is 5.97 Å². The first-order valence-electron chi connectivity index (χ1n) is 7.78. The topological polar surface area (TPSA) is 159 Å². The third-order valence-electron chi connectivity index (χ3n) is 3.39. The van der Waals surface area contributed by atoms with Crippen LogP contribution in [-0.2, 0) is 24.3 Å². The van der Waals surface area contributed by atoms with E-state index in [9.17, 15) is 28.1 Å². The first kappa shape index (κ1) is 22.0. The van der Waals surface area contributed by atoms with E-state index in [-0.39, 0.29) is 21.3 Å².